The number of ether oxygens (including phenoxy) is 2. The number of hydrogen-bond donors (Lipinski definition) is 1. The van der Waals surface area contributed by atoms with E-state index in [1.54, 1.807) is 0 Å². The zero-order valence-corrected chi connectivity index (χ0v) is 13.5. The molecule has 3 rings (SSSR count). The summed E-state index contributed by atoms with van der Waals surface area (Å²) in [7, 11) is 0. The number of aromatic nitrogens is 2. The molecule has 0 radical (unpaired) electrons. The van der Waals surface area contributed by atoms with Gasteiger partial charge in [-0.05, 0) is 36.5 Å². The molecule has 1 N–H and O–H groups in total. The summed E-state index contributed by atoms with van der Waals surface area (Å²) in [6.45, 7) is 4.99. The number of nitrogens with zero attached hydrogens (tertiary/aromatic N) is 2. The van der Waals surface area contributed by atoms with Gasteiger partial charge in [-0.25, -0.2) is 9.97 Å². The second kappa shape index (κ2) is 8.04. The lowest BCUT2D eigenvalue weighted by molar-refractivity contribution is -0.0390. The van der Waals surface area contributed by atoms with E-state index < -0.39 is 0 Å². The molecule has 2 aromatic rings. The van der Waals surface area contributed by atoms with Gasteiger partial charge in [-0.2, -0.15) is 0 Å². The Balaban J connectivity index is 1.45. The number of benzene rings is 1. The zero-order chi connectivity index (χ0) is 15.9. The van der Waals surface area contributed by atoms with Crippen LogP contribution >= 0.6 is 0 Å². The van der Waals surface area contributed by atoms with Crippen molar-refractivity contribution in [3.8, 4) is 0 Å². The Morgan fingerprint density at radius 1 is 1.09 bits per heavy atom. The van der Waals surface area contributed by atoms with Crippen molar-refractivity contribution in [3.63, 3.8) is 0 Å². The Hall–Kier alpha value is -1.98. The number of anilines is 1. The van der Waals surface area contributed by atoms with Crippen LogP contribution < -0.4 is 5.32 Å². The van der Waals surface area contributed by atoms with Crippen LogP contribution in [0.25, 0.3) is 0 Å². The largest absolute Gasteiger partial charge is 0.381 e. The number of rotatable bonds is 6. The smallest absolute Gasteiger partial charge is 0.222 e. The maximum absolute atomic E-state index is 5.93. The van der Waals surface area contributed by atoms with E-state index in [4.69, 9.17) is 9.47 Å². The average molecular weight is 313 g/mol. The summed E-state index contributed by atoms with van der Waals surface area (Å²) < 4.78 is 11.3. The minimum atomic E-state index is 0.337. The lowest BCUT2D eigenvalue weighted by atomic mass is 10.1. The van der Waals surface area contributed by atoms with Crippen molar-refractivity contribution in [1.82, 2.24) is 9.97 Å². The summed E-state index contributed by atoms with van der Waals surface area (Å²) in [5.74, 6) is 0.655. The lowest BCUT2D eigenvalue weighted by Crippen LogP contribution is -2.23. The van der Waals surface area contributed by atoms with E-state index in [9.17, 15) is 0 Å². The molecule has 122 valence electrons. The highest BCUT2D eigenvalue weighted by Crippen LogP contribution is 2.14. The van der Waals surface area contributed by atoms with Crippen LogP contribution in [0.1, 0.15) is 29.5 Å². The van der Waals surface area contributed by atoms with Gasteiger partial charge in [0.2, 0.25) is 5.95 Å². The molecule has 0 saturated carbocycles. The minimum absolute atomic E-state index is 0.337. The van der Waals surface area contributed by atoms with E-state index >= 15 is 0 Å². The Labute approximate surface area is 137 Å². The van der Waals surface area contributed by atoms with Crippen LogP contribution in [0.2, 0.25) is 0 Å². The topological polar surface area (TPSA) is 56.3 Å². The second-order valence-electron chi connectivity index (χ2n) is 5.88. The van der Waals surface area contributed by atoms with Gasteiger partial charge in [-0.15, -0.1) is 0 Å². The first-order valence-corrected chi connectivity index (χ1v) is 8.09. The van der Waals surface area contributed by atoms with Crippen molar-refractivity contribution in [1.29, 1.82) is 0 Å². The maximum atomic E-state index is 5.93. The van der Waals surface area contributed by atoms with E-state index in [1.807, 2.05) is 19.3 Å². The summed E-state index contributed by atoms with van der Waals surface area (Å²) in [5, 5.41) is 3.22. The highest BCUT2D eigenvalue weighted by Gasteiger charge is 2.13. The fourth-order valence-corrected chi connectivity index (χ4v) is 2.48. The molecule has 0 unspecified atom stereocenters. The van der Waals surface area contributed by atoms with Gasteiger partial charge in [-0.3, -0.25) is 0 Å². The van der Waals surface area contributed by atoms with Gasteiger partial charge < -0.3 is 14.8 Å². The van der Waals surface area contributed by atoms with Crippen LogP contribution in [0.5, 0.6) is 0 Å². The summed E-state index contributed by atoms with van der Waals surface area (Å²) in [6, 6.07) is 8.46. The summed E-state index contributed by atoms with van der Waals surface area (Å²) in [4.78, 5) is 8.48. The molecule has 1 aromatic carbocycles. The van der Waals surface area contributed by atoms with Gasteiger partial charge in [-0.1, -0.05) is 24.3 Å². The third kappa shape index (κ3) is 5.01. The number of hydrogen-bond acceptors (Lipinski definition) is 5. The molecule has 1 aliphatic rings. The predicted molar refractivity (Wildman–Crippen MR) is 89.2 cm³/mol. The standard InChI is InChI=1S/C18H23N3O2/c1-14-10-19-18(20-11-14)21-12-15-2-4-16(5-3-15)13-23-17-6-8-22-9-7-17/h2-5,10-11,17H,6-9,12-13H2,1H3,(H,19,20,21). The van der Waals surface area contributed by atoms with Crippen LogP contribution in [0.4, 0.5) is 5.95 Å². The van der Waals surface area contributed by atoms with Gasteiger partial charge in [0.15, 0.2) is 0 Å². The van der Waals surface area contributed by atoms with Gasteiger partial charge >= 0.3 is 0 Å². The Morgan fingerprint density at radius 3 is 2.43 bits per heavy atom. The van der Waals surface area contributed by atoms with E-state index in [-0.39, 0.29) is 0 Å². The molecule has 0 bridgehead atoms. The molecule has 1 aromatic heterocycles. The first-order chi connectivity index (χ1) is 11.3. The third-order valence-electron chi connectivity index (χ3n) is 3.91. The molecule has 0 aliphatic carbocycles. The molecule has 1 aliphatic heterocycles. The van der Waals surface area contributed by atoms with Gasteiger partial charge in [0, 0.05) is 32.2 Å². The minimum Gasteiger partial charge on any atom is -0.381 e. The molecule has 2 heterocycles. The molecular weight excluding hydrogens is 290 g/mol. The molecule has 23 heavy (non-hydrogen) atoms. The highest BCUT2D eigenvalue weighted by molar-refractivity contribution is 5.29. The fourth-order valence-electron chi connectivity index (χ4n) is 2.48. The van der Waals surface area contributed by atoms with Gasteiger partial charge in [0.25, 0.3) is 0 Å². The van der Waals surface area contributed by atoms with E-state index in [2.05, 4.69) is 39.6 Å². The number of nitrogens with one attached hydrogen (secondary N) is 1. The van der Waals surface area contributed by atoms with E-state index in [1.165, 1.54) is 11.1 Å². The first-order valence-electron chi connectivity index (χ1n) is 8.09. The quantitative estimate of drug-likeness (QED) is 0.888. The van der Waals surface area contributed by atoms with E-state index in [0.29, 0.717) is 25.2 Å². The molecule has 5 heteroatoms. The zero-order valence-electron chi connectivity index (χ0n) is 13.5. The van der Waals surface area contributed by atoms with Crippen LogP contribution in [0, 0.1) is 6.92 Å². The first kappa shape index (κ1) is 15.9. The molecular formula is C18H23N3O2. The molecule has 0 amide bonds. The third-order valence-corrected chi connectivity index (χ3v) is 3.91. The molecule has 1 fully saturated rings. The summed E-state index contributed by atoms with van der Waals surface area (Å²) in [6.07, 6.45) is 5.96. The average Bonchev–Trinajstić information content (AvgIpc) is 2.61. The predicted octanol–water partition coefficient (Wildman–Crippen LogP) is 3.09. The van der Waals surface area contributed by atoms with Crippen LogP contribution in [0.3, 0.4) is 0 Å². The monoisotopic (exact) mass is 313 g/mol. The fraction of sp³-hybridized carbons (Fsp3) is 0.444. The van der Waals surface area contributed by atoms with Crippen LogP contribution in [-0.2, 0) is 22.6 Å². The SMILES string of the molecule is Cc1cnc(NCc2ccc(COC3CCOCC3)cc2)nc1. The van der Waals surface area contributed by atoms with Crippen molar-refractivity contribution < 1.29 is 9.47 Å². The van der Waals surface area contributed by atoms with Gasteiger partial charge in [0.1, 0.15) is 0 Å². The van der Waals surface area contributed by atoms with Crippen molar-refractivity contribution in [2.45, 2.75) is 39.0 Å². The normalized spacial score (nSPS) is 15.5. The Morgan fingerprint density at radius 2 is 1.74 bits per heavy atom. The molecule has 5 nitrogen and oxygen atoms in total. The highest BCUT2D eigenvalue weighted by atomic mass is 16.5. The molecule has 0 spiro atoms. The van der Waals surface area contributed by atoms with Crippen molar-refractivity contribution in [2.75, 3.05) is 18.5 Å². The lowest BCUT2D eigenvalue weighted by Gasteiger charge is -2.22. The molecule has 1 saturated heterocycles. The Bertz CT molecular complexity index is 593. The Kier molecular flexibility index (Phi) is 5.56. The maximum Gasteiger partial charge on any atom is 0.222 e. The number of aryl methyl sites for hydroxylation is 1. The van der Waals surface area contributed by atoms with Crippen molar-refractivity contribution in [2.24, 2.45) is 0 Å². The summed E-state index contributed by atoms with van der Waals surface area (Å²) in [5.41, 5.74) is 3.46. The summed E-state index contributed by atoms with van der Waals surface area (Å²) >= 11 is 0. The van der Waals surface area contributed by atoms with Crippen molar-refractivity contribution in [3.05, 3.63) is 53.3 Å². The van der Waals surface area contributed by atoms with E-state index in [0.717, 1.165) is 31.6 Å². The van der Waals surface area contributed by atoms with Crippen molar-refractivity contribution >= 4 is 5.95 Å². The second-order valence-corrected chi connectivity index (χ2v) is 5.88. The van der Waals surface area contributed by atoms with Crippen LogP contribution in [0.15, 0.2) is 36.7 Å². The van der Waals surface area contributed by atoms with Gasteiger partial charge in [0.05, 0.1) is 12.7 Å². The molecule has 0 atom stereocenters. The van der Waals surface area contributed by atoms with Crippen LogP contribution in [-0.4, -0.2) is 29.3 Å².